The standard InChI is InChI=1S/C19H19FN2O2S.C7H8O3S/c20-17-3-1-2-16-15-5-4-14(12-18(15)25(23,24)19(16)17)22-11-10-21-8-6-13(22)7-9-21;1-6-2-4-7(5-3-6)11(8,9)10/h1-5,12-13H,6-11H2;2-5H,1H3,(H,8,9,10). The van der Waals surface area contributed by atoms with Crippen molar-refractivity contribution in [2.75, 3.05) is 31.1 Å². The van der Waals surface area contributed by atoms with Gasteiger partial charge < -0.3 is 9.80 Å². The van der Waals surface area contributed by atoms with Gasteiger partial charge in [0.1, 0.15) is 10.7 Å². The molecule has 0 saturated carbocycles. The summed E-state index contributed by atoms with van der Waals surface area (Å²) in [7, 11) is -7.81. The number of anilines is 1. The highest BCUT2D eigenvalue weighted by Crippen LogP contribution is 2.46. The molecule has 0 radical (unpaired) electrons. The molecular weight excluding hydrogens is 503 g/mol. The Morgan fingerprint density at radius 1 is 0.917 bits per heavy atom. The summed E-state index contributed by atoms with van der Waals surface area (Å²) in [6, 6.07) is 16.5. The Balaban J connectivity index is 0.000000205. The Kier molecular flexibility index (Phi) is 6.40. The molecule has 36 heavy (non-hydrogen) atoms. The lowest BCUT2D eigenvalue weighted by Gasteiger charge is -2.33. The Hall–Kier alpha value is -2.79. The number of halogens is 1. The van der Waals surface area contributed by atoms with Crippen molar-refractivity contribution in [1.82, 2.24) is 4.90 Å². The summed E-state index contributed by atoms with van der Waals surface area (Å²) >= 11 is 0. The summed E-state index contributed by atoms with van der Waals surface area (Å²) < 4.78 is 69.5. The lowest BCUT2D eigenvalue weighted by atomic mass is 10.0. The van der Waals surface area contributed by atoms with Gasteiger partial charge in [-0.15, -0.1) is 0 Å². The number of benzene rings is 3. The summed E-state index contributed by atoms with van der Waals surface area (Å²) in [5, 5.41) is 0. The zero-order chi connectivity index (χ0) is 25.7. The third kappa shape index (κ3) is 4.54. The lowest BCUT2D eigenvalue weighted by Crippen LogP contribution is -2.37. The Bertz CT molecular complexity index is 1510. The normalized spacial score (nSPS) is 21.7. The van der Waals surface area contributed by atoms with Crippen molar-refractivity contribution in [1.29, 1.82) is 0 Å². The minimum atomic E-state index is -4.02. The number of fused-ring (bicyclic) bond motifs is 7. The molecule has 7 nitrogen and oxygen atoms in total. The Labute approximate surface area is 210 Å². The topological polar surface area (TPSA) is 95.0 Å². The van der Waals surface area contributed by atoms with E-state index < -0.39 is 25.8 Å². The second-order valence-electron chi connectivity index (χ2n) is 9.35. The summed E-state index contributed by atoms with van der Waals surface area (Å²) in [5.41, 5.74) is 2.98. The molecule has 190 valence electrons. The van der Waals surface area contributed by atoms with E-state index in [0.717, 1.165) is 50.3 Å². The average Bonchev–Trinajstić information content (AvgIpc) is 3.03. The number of piperidine rings is 1. The maximum Gasteiger partial charge on any atom is 0.294 e. The predicted molar refractivity (Wildman–Crippen MR) is 135 cm³/mol. The highest BCUT2D eigenvalue weighted by atomic mass is 32.2. The first-order valence-electron chi connectivity index (χ1n) is 11.8. The average molecular weight is 531 g/mol. The number of rotatable bonds is 2. The summed E-state index contributed by atoms with van der Waals surface area (Å²) in [4.78, 5) is 4.80. The van der Waals surface area contributed by atoms with Crippen molar-refractivity contribution >= 4 is 25.6 Å². The van der Waals surface area contributed by atoms with Gasteiger partial charge in [0.05, 0.1) is 9.79 Å². The molecule has 0 unspecified atom stereocenters. The van der Waals surface area contributed by atoms with E-state index in [2.05, 4.69) is 9.80 Å². The molecule has 1 N–H and O–H groups in total. The van der Waals surface area contributed by atoms with E-state index in [4.69, 9.17) is 4.55 Å². The van der Waals surface area contributed by atoms with E-state index in [0.29, 0.717) is 17.2 Å². The van der Waals surface area contributed by atoms with Crippen LogP contribution in [0.25, 0.3) is 11.1 Å². The number of hydrogen-bond acceptors (Lipinski definition) is 6. The van der Waals surface area contributed by atoms with Gasteiger partial charge in [0.2, 0.25) is 9.84 Å². The fourth-order valence-electron chi connectivity index (χ4n) is 5.18. The maximum absolute atomic E-state index is 14.2. The second kappa shape index (κ2) is 9.26. The Morgan fingerprint density at radius 2 is 1.61 bits per heavy atom. The van der Waals surface area contributed by atoms with Gasteiger partial charge in [-0.1, -0.05) is 35.9 Å². The molecule has 4 heterocycles. The molecule has 4 aliphatic heterocycles. The molecule has 3 aromatic carbocycles. The molecule has 7 rings (SSSR count). The van der Waals surface area contributed by atoms with Gasteiger partial charge >= 0.3 is 0 Å². The van der Waals surface area contributed by atoms with Gasteiger partial charge in [-0.3, -0.25) is 4.55 Å². The van der Waals surface area contributed by atoms with Crippen molar-refractivity contribution < 1.29 is 25.8 Å². The molecule has 3 fully saturated rings. The highest BCUT2D eigenvalue weighted by molar-refractivity contribution is 7.92. The van der Waals surface area contributed by atoms with E-state index in [1.165, 1.54) is 18.2 Å². The molecule has 10 heteroatoms. The number of aryl methyl sites for hydroxylation is 1. The van der Waals surface area contributed by atoms with E-state index in [1.54, 1.807) is 30.3 Å². The molecule has 4 aliphatic rings. The van der Waals surface area contributed by atoms with Crippen LogP contribution in [0.5, 0.6) is 0 Å². The van der Waals surface area contributed by atoms with Gasteiger partial charge in [-0.05, 0) is 50.1 Å². The van der Waals surface area contributed by atoms with Crippen LogP contribution in [0.15, 0.2) is 75.4 Å². The fourth-order valence-corrected chi connectivity index (χ4v) is 7.41. The van der Waals surface area contributed by atoms with Crippen LogP contribution in [-0.2, 0) is 20.0 Å². The van der Waals surface area contributed by atoms with Crippen LogP contribution >= 0.6 is 0 Å². The number of hydrogen-bond donors (Lipinski definition) is 1. The molecule has 0 atom stereocenters. The first kappa shape index (κ1) is 24.9. The zero-order valence-electron chi connectivity index (χ0n) is 19.8. The van der Waals surface area contributed by atoms with Crippen LogP contribution in [0.3, 0.4) is 0 Å². The minimum absolute atomic E-state index is 0.0666. The lowest BCUT2D eigenvalue weighted by molar-refractivity contribution is 0.250. The highest BCUT2D eigenvalue weighted by Gasteiger charge is 2.37. The van der Waals surface area contributed by atoms with E-state index >= 15 is 0 Å². The monoisotopic (exact) mass is 530 g/mol. The third-order valence-electron chi connectivity index (χ3n) is 7.09. The van der Waals surface area contributed by atoms with Crippen molar-refractivity contribution in [3.05, 3.63) is 72.0 Å². The van der Waals surface area contributed by atoms with Crippen molar-refractivity contribution in [2.45, 2.75) is 40.5 Å². The molecule has 0 aliphatic carbocycles. The molecule has 0 amide bonds. The van der Waals surface area contributed by atoms with E-state index in [-0.39, 0.29) is 14.7 Å². The SMILES string of the molecule is Cc1ccc(S(=O)(=O)O)cc1.O=S1(=O)c2cc(N3CCN4CCC3CC4)ccc2-c2cccc(F)c21. The molecule has 2 bridgehead atoms. The van der Waals surface area contributed by atoms with Gasteiger partial charge in [-0.2, -0.15) is 8.42 Å². The van der Waals surface area contributed by atoms with Crippen LogP contribution < -0.4 is 4.90 Å². The Morgan fingerprint density at radius 3 is 2.28 bits per heavy atom. The smallest absolute Gasteiger partial charge is 0.294 e. The van der Waals surface area contributed by atoms with Gasteiger partial charge in [-0.25, -0.2) is 12.8 Å². The van der Waals surface area contributed by atoms with Crippen LogP contribution in [0.1, 0.15) is 18.4 Å². The maximum atomic E-state index is 14.2. The molecule has 0 aromatic heterocycles. The first-order valence-corrected chi connectivity index (χ1v) is 14.7. The third-order valence-corrected chi connectivity index (χ3v) is 9.82. The largest absolute Gasteiger partial charge is 0.367 e. The summed E-state index contributed by atoms with van der Waals surface area (Å²) in [5.74, 6) is -0.670. The van der Waals surface area contributed by atoms with Crippen LogP contribution in [0.2, 0.25) is 0 Å². The van der Waals surface area contributed by atoms with E-state index in [9.17, 15) is 21.2 Å². The quantitative estimate of drug-likeness (QED) is 0.389. The van der Waals surface area contributed by atoms with Crippen LogP contribution in [0.4, 0.5) is 10.1 Å². The van der Waals surface area contributed by atoms with Crippen molar-refractivity contribution in [3.63, 3.8) is 0 Å². The predicted octanol–water partition coefficient (Wildman–Crippen LogP) is 4.17. The molecule has 0 spiro atoms. The number of sulfone groups is 1. The first-order chi connectivity index (χ1) is 17.1. The van der Waals surface area contributed by atoms with Crippen molar-refractivity contribution in [3.8, 4) is 11.1 Å². The zero-order valence-corrected chi connectivity index (χ0v) is 21.4. The second-order valence-corrected chi connectivity index (χ2v) is 12.6. The molecule has 3 aromatic rings. The van der Waals surface area contributed by atoms with Gasteiger partial charge in [0.15, 0.2) is 0 Å². The number of nitrogens with zero attached hydrogens (tertiary/aromatic N) is 2. The molecule has 3 saturated heterocycles. The van der Waals surface area contributed by atoms with E-state index in [1.807, 2.05) is 19.1 Å². The fraction of sp³-hybridized carbons (Fsp3) is 0.308. The summed E-state index contributed by atoms with van der Waals surface area (Å²) in [6.07, 6.45) is 2.22. The van der Waals surface area contributed by atoms with Crippen LogP contribution in [0, 0.1) is 12.7 Å². The summed E-state index contributed by atoms with van der Waals surface area (Å²) in [6.45, 7) is 5.98. The van der Waals surface area contributed by atoms with Crippen LogP contribution in [-0.4, -0.2) is 58.5 Å². The minimum Gasteiger partial charge on any atom is -0.367 e. The van der Waals surface area contributed by atoms with Gasteiger partial charge in [0.25, 0.3) is 10.1 Å². The van der Waals surface area contributed by atoms with Crippen molar-refractivity contribution in [2.24, 2.45) is 0 Å². The van der Waals surface area contributed by atoms with Gasteiger partial charge in [0, 0.05) is 49.0 Å². The molecular formula is C26H27FN2O5S2.